The van der Waals surface area contributed by atoms with Gasteiger partial charge < -0.3 is 15.7 Å². The first-order valence-electron chi connectivity index (χ1n) is 13.4. The molecule has 4 heterocycles. The molecule has 1 unspecified atom stereocenters. The standard InChI is InChI=1S/C28H29Cl2N9O2/c1-2-23(27(40)41)38-11-7-18(8-12-38)26-36-25-14-22(20-5-4-19(29)13-21(20)30)35-28(39(25)37-26)33-10-9-32-24-6-3-17(15-31)16-34-24/h3-6,13-14,16,18,23H,2,7-12H2,1H3,(H,32,34)(H,33,35)(H,40,41). The lowest BCUT2D eigenvalue weighted by Gasteiger charge is -2.34. The van der Waals surface area contributed by atoms with Crippen LogP contribution in [0.4, 0.5) is 11.8 Å². The van der Waals surface area contributed by atoms with Crippen molar-refractivity contribution in [2.24, 2.45) is 0 Å². The Kier molecular flexibility index (Phi) is 8.83. The molecule has 0 saturated carbocycles. The van der Waals surface area contributed by atoms with Crippen molar-refractivity contribution in [1.82, 2.24) is 29.5 Å². The number of rotatable bonds is 10. The van der Waals surface area contributed by atoms with Gasteiger partial charge in [0, 0.05) is 41.9 Å². The molecule has 11 nitrogen and oxygen atoms in total. The van der Waals surface area contributed by atoms with Crippen molar-refractivity contribution in [2.45, 2.75) is 38.1 Å². The van der Waals surface area contributed by atoms with Gasteiger partial charge in [0.15, 0.2) is 11.5 Å². The van der Waals surface area contributed by atoms with Gasteiger partial charge in [-0.3, -0.25) is 9.69 Å². The SMILES string of the molecule is CCC(C(=O)O)N1CCC(c2nc3cc(-c4ccc(Cl)cc4Cl)nc(NCCNc4ccc(C#N)cn4)n3n2)CC1. The van der Waals surface area contributed by atoms with Gasteiger partial charge in [-0.05, 0) is 62.7 Å². The topological polar surface area (TPSA) is 144 Å². The van der Waals surface area contributed by atoms with Crippen LogP contribution in [0.15, 0.2) is 42.6 Å². The van der Waals surface area contributed by atoms with E-state index in [0.29, 0.717) is 77.1 Å². The molecule has 1 saturated heterocycles. The summed E-state index contributed by atoms with van der Waals surface area (Å²) < 4.78 is 1.70. The van der Waals surface area contributed by atoms with Crippen LogP contribution in [0.5, 0.6) is 0 Å². The van der Waals surface area contributed by atoms with E-state index in [0.717, 1.165) is 18.4 Å². The normalized spacial score (nSPS) is 15.0. The maximum absolute atomic E-state index is 11.6. The molecule has 3 N–H and O–H groups in total. The summed E-state index contributed by atoms with van der Waals surface area (Å²) in [6, 6.07) is 12.2. The Morgan fingerprint density at radius 2 is 1.93 bits per heavy atom. The average molecular weight is 595 g/mol. The number of pyridine rings is 1. The van der Waals surface area contributed by atoms with Gasteiger partial charge in [-0.15, -0.1) is 5.10 Å². The molecular formula is C28H29Cl2N9O2. The number of fused-ring (bicyclic) bond motifs is 1. The maximum atomic E-state index is 11.6. The van der Waals surface area contributed by atoms with E-state index in [4.69, 9.17) is 43.5 Å². The average Bonchev–Trinajstić information content (AvgIpc) is 3.40. The van der Waals surface area contributed by atoms with Crippen molar-refractivity contribution < 1.29 is 9.90 Å². The smallest absolute Gasteiger partial charge is 0.320 e. The molecule has 0 amide bonds. The van der Waals surface area contributed by atoms with Crippen LogP contribution in [-0.4, -0.2) is 72.8 Å². The fourth-order valence-electron chi connectivity index (χ4n) is 5.02. The first-order valence-corrected chi connectivity index (χ1v) is 14.2. The van der Waals surface area contributed by atoms with Crippen molar-refractivity contribution in [3.8, 4) is 17.3 Å². The highest BCUT2D eigenvalue weighted by Gasteiger charge is 2.30. The van der Waals surface area contributed by atoms with Crippen LogP contribution in [0, 0.1) is 11.3 Å². The molecule has 0 spiro atoms. The molecule has 1 aliphatic heterocycles. The number of likely N-dealkylation sites (tertiary alicyclic amines) is 1. The predicted molar refractivity (Wildman–Crippen MR) is 157 cm³/mol. The minimum atomic E-state index is -0.781. The molecule has 4 aromatic rings. The zero-order chi connectivity index (χ0) is 28.9. The van der Waals surface area contributed by atoms with Gasteiger partial charge in [-0.1, -0.05) is 30.1 Å². The largest absolute Gasteiger partial charge is 0.480 e. The number of aliphatic carboxylic acids is 1. The van der Waals surface area contributed by atoms with E-state index in [1.165, 1.54) is 6.20 Å². The number of nitrogens with one attached hydrogen (secondary N) is 2. The lowest BCUT2D eigenvalue weighted by molar-refractivity contribution is -0.143. The van der Waals surface area contributed by atoms with Crippen LogP contribution in [0.2, 0.25) is 10.0 Å². The summed E-state index contributed by atoms with van der Waals surface area (Å²) in [7, 11) is 0. The Morgan fingerprint density at radius 3 is 2.59 bits per heavy atom. The summed E-state index contributed by atoms with van der Waals surface area (Å²) in [5.41, 5.74) is 2.47. The minimum Gasteiger partial charge on any atom is -0.480 e. The van der Waals surface area contributed by atoms with Crippen molar-refractivity contribution in [2.75, 3.05) is 36.8 Å². The van der Waals surface area contributed by atoms with E-state index in [1.54, 1.807) is 28.8 Å². The van der Waals surface area contributed by atoms with Gasteiger partial charge in [-0.25, -0.2) is 15.0 Å². The maximum Gasteiger partial charge on any atom is 0.320 e. The number of anilines is 2. The Bertz CT molecular complexity index is 1580. The van der Waals surface area contributed by atoms with E-state index in [-0.39, 0.29) is 5.92 Å². The highest BCUT2D eigenvalue weighted by atomic mass is 35.5. The Hall–Kier alpha value is -3.98. The molecule has 0 radical (unpaired) electrons. The number of carboxylic acid groups (broad SMARTS) is 1. The van der Waals surface area contributed by atoms with Crippen LogP contribution in [-0.2, 0) is 4.79 Å². The zero-order valence-corrected chi connectivity index (χ0v) is 23.9. The second kappa shape index (κ2) is 12.7. The van der Waals surface area contributed by atoms with Gasteiger partial charge in [0.2, 0.25) is 5.95 Å². The number of halogens is 2. The predicted octanol–water partition coefficient (Wildman–Crippen LogP) is 4.93. The third-order valence-electron chi connectivity index (χ3n) is 7.16. The van der Waals surface area contributed by atoms with Crippen molar-refractivity contribution in [3.05, 3.63) is 64.0 Å². The summed E-state index contributed by atoms with van der Waals surface area (Å²) in [5.74, 6) is 1.20. The lowest BCUT2D eigenvalue weighted by atomic mass is 9.94. The van der Waals surface area contributed by atoms with Crippen LogP contribution in [0.25, 0.3) is 16.9 Å². The van der Waals surface area contributed by atoms with Crippen molar-refractivity contribution >= 4 is 46.6 Å². The molecule has 3 aromatic heterocycles. The highest BCUT2D eigenvalue weighted by molar-refractivity contribution is 6.36. The Labute approximate surface area is 247 Å². The monoisotopic (exact) mass is 593 g/mol. The zero-order valence-electron chi connectivity index (χ0n) is 22.4. The van der Waals surface area contributed by atoms with Gasteiger partial charge in [0.1, 0.15) is 17.9 Å². The van der Waals surface area contributed by atoms with Crippen LogP contribution < -0.4 is 10.6 Å². The van der Waals surface area contributed by atoms with Gasteiger partial charge in [-0.2, -0.15) is 9.78 Å². The van der Waals surface area contributed by atoms with E-state index in [2.05, 4.69) is 21.7 Å². The summed E-state index contributed by atoms with van der Waals surface area (Å²) in [6.07, 6.45) is 3.63. The molecule has 1 aromatic carbocycles. The molecule has 1 fully saturated rings. The van der Waals surface area contributed by atoms with Crippen LogP contribution >= 0.6 is 23.2 Å². The molecule has 212 valence electrons. The number of nitrogens with zero attached hydrogens (tertiary/aromatic N) is 7. The van der Waals surface area contributed by atoms with E-state index < -0.39 is 12.0 Å². The fraction of sp³-hybridized carbons (Fsp3) is 0.357. The quantitative estimate of drug-likeness (QED) is 0.216. The number of nitriles is 1. The first kappa shape index (κ1) is 28.5. The highest BCUT2D eigenvalue weighted by Crippen LogP contribution is 2.32. The molecule has 41 heavy (non-hydrogen) atoms. The van der Waals surface area contributed by atoms with Crippen LogP contribution in [0.1, 0.15) is 43.5 Å². The van der Waals surface area contributed by atoms with E-state index in [9.17, 15) is 9.90 Å². The van der Waals surface area contributed by atoms with Gasteiger partial charge in [0.05, 0.1) is 16.3 Å². The fourth-order valence-corrected chi connectivity index (χ4v) is 5.52. The van der Waals surface area contributed by atoms with E-state index >= 15 is 0 Å². The number of carboxylic acids is 1. The summed E-state index contributed by atoms with van der Waals surface area (Å²) in [5, 5.41) is 30.9. The summed E-state index contributed by atoms with van der Waals surface area (Å²) in [4.78, 5) is 27.6. The lowest BCUT2D eigenvalue weighted by Crippen LogP contribution is -2.45. The molecule has 1 atom stereocenters. The van der Waals surface area contributed by atoms with Crippen LogP contribution in [0.3, 0.4) is 0 Å². The minimum absolute atomic E-state index is 0.108. The number of benzene rings is 1. The molecule has 0 bridgehead atoms. The van der Waals surface area contributed by atoms with Gasteiger partial charge in [0.25, 0.3) is 0 Å². The number of hydrogen-bond donors (Lipinski definition) is 3. The number of piperidine rings is 1. The Morgan fingerprint density at radius 1 is 1.15 bits per heavy atom. The van der Waals surface area contributed by atoms with Gasteiger partial charge >= 0.3 is 5.97 Å². The third-order valence-corrected chi connectivity index (χ3v) is 7.71. The first-order chi connectivity index (χ1) is 19.9. The van der Waals surface area contributed by atoms with Crippen molar-refractivity contribution in [3.63, 3.8) is 0 Å². The molecule has 1 aliphatic rings. The van der Waals surface area contributed by atoms with Crippen molar-refractivity contribution in [1.29, 1.82) is 5.26 Å². The number of carbonyl (C=O) groups is 1. The Balaban J connectivity index is 1.37. The third kappa shape index (κ3) is 6.51. The second-order valence-corrected chi connectivity index (χ2v) is 10.6. The number of hydrogen-bond acceptors (Lipinski definition) is 9. The molecule has 0 aliphatic carbocycles. The number of aromatic nitrogens is 5. The summed E-state index contributed by atoms with van der Waals surface area (Å²) in [6.45, 7) is 4.29. The molecule has 5 rings (SSSR count). The molecule has 13 heteroatoms. The molecular weight excluding hydrogens is 565 g/mol. The second-order valence-electron chi connectivity index (χ2n) is 9.80. The van der Waals surface area contributed by atoms with E-state index in [1.807, 2.05) is 24.0 Å². The summed E-state index contributed by atoms with van der Waals surface area (Å²) >= 11 is 12.6.